The first-order valence-electron chi connectivity index (χ1n) is 16.4. The SMILES string of the molecule is CCCc1nn([C@H]2C[C@H]3C(=O)N[C@@]4(C(=O)O)C[C@H]4C=CCCCCC[C@@H](NC(=O)OC(C)(C)C)C(=O)N3C2)nc1-c1ccccc1. The van der Waals surface area contributed by atoms with Gasteiger partial charge in [-0.25, -0.2) is 9.59 Å². The predicted molar refractivity (Wildman–Crippen MR) is 171 cm³/mol. The van der Waals surface area contributed by atoms with E-state index in [2.05, 4.69) is 17.6 Å². The van der Waals surface area contributed by atoms with Gasteiger partial charge in [0.05, 0.1) is 11.7 Å². The van der Waals surface area contributed by atoms with Crippen molar-refractivity contribution in [3.05, 3.63) is 48.2 Å². The molecule has 1 saturated heterocycles. The second kappa shape index (κ2) is 13.6. The van der Waals surface area contributed by atoms with Crippen molar-refractivity contribution in [1.82, 2.24) is 30.5 Å². The summed E-state index contributed by atoms with van der Waals surface area (Å²) < 4.78 is 5.48. The summed E-state index contributed by atoms with van der Waals surface area (Å²) in [4.78, 5) is 56.6. The Kier molecular flexibility index (Phi) is 9.83. The van der Waals surface area contributed by atoms with Crippen LogP contribution in [-0.2, 0) is 25.5 Å². The maximum Gasteiger partial charge on any atom is 0.408 e. The highest BCUT2D eigenvalue weighted by molar-refractivity contribution is 5.96. The molecule has 3 heterocycles. The van der Waals surface area contributed by atoms with E-state index in [-0.39, 0.29) is 18.9 Å². The third kappa shape index (κ3) is 7.42. The molecule has 46 heavy (non-hydrogen) atoms. The Morgan fingerprint density at radius 2 is 1.89 bits per heavy atom. The van der Waals surface area contributed by atoms with Gasteiger partial charge in [0, 0.05) is 24.4 Å². The van der Waals surface area contributed by atoms with Crippen LogP contribution in [0.5, 0.6) is 0 Å². The third-order valence-corrected chi connectivity index (χ3v) is 8.89. The van der Waals surface area contributed by atoms with E-state index in [0.717, 1.165) is 42.6 Å². The Balaban J connectivity index is 1.48. The summed E-state index contributed by atoms with van der Waals surface area (Å²) in [7, 11) is 0. The van der Waals surface area contributed by atoms with E-state index in [1.165, 1.54) is 4.90 Å². The lowest BCUT2D eigenvalue weighted by atomic mass is 10.0. The molecular weight excluding hydrogens is 588 g/mol. The molecule has 248 valence electrons. The van der Waals surface area contributed by atoms with Crippen LogP contribution in [0.4, 0.5) is 4.79 Å². The van der Waals surface area contributed by atoms with E-state index in [0.29, 0.717) is 25.7 Å². The molecule has 5 atom stereocenters. The van der Waals surface area contributed by atoms with Crippen molar-refractivity contribution in [3.8, 4) is 11.3 Å². The zero-order valence-electron chi connectivity index (χ0n) is 27.2. The highest BCUT2D eigenvalue weighted by Gasteiger charge is 2.61. The molecule has 3 aliphatic rings. The van der Waals surface area contributed by atoms with Crippen LogP contribution in [0.2, 0.25) is 0 Å². The number of ether oxygens (including phenoxy) is 1. The Hall–Kier alpha value is -4.22. The van der Waals surface area contributed by atoms with Gasteiger partial charge in [-0.05, 0) is 52.9 Å². The van der Waals surface area contributed by atoms with Gasteiger partial charge in [0.25, 0.3) is 0 Å². The highest BCUT2D eigenvalue weighted by Crippen LogP contribution is 2.45. The van der Waals surface area contributed by atoms with Gasteiger partial charge in [0.2, 0.25) is 11.8 Å². The molecule has 3 N–H and O–H groups in total. The number of amides is 3. The first kappa shape index (κ1) is 33.2. The van der Waals surface area contributed by atoms with Crippen LogP contribution in [0.15, 0.2) is 42.5 Å². The topological polar surface area (TPSA) is 156 Å². The van der Waals surface area contributed by atoms with Gasteiger partial charge in [-0.3, -0.25) is 9.59 Å². The van der Waals surface area contributed by atoms with Gasteiger partial charge in [-0.2, -0.15) is 15.0 Å². The molecule has 0 radical (unpaired) electrons. The summed E-state index contributed by atoms with van der Waals surface area (Å²) in [6.07, 6.45) is 8.70. The number of aliphatic carboxylic acids is 1. The molecule has 0 unspecified atom stereocenters. The fraction of sp³-hybridized carbons (Fsp3) is 0.588. The van der Waals surface area contributed by atoms with E-state index < -0.39 is 53.1 Å². The normalized spacial score (nSPS) is 27.1. The van der Waals surface area contributed by atoms with Crippen LogP contribution in [0, 0.1) is 5.92 Å². The number of fused-ring (bicyclic) bond motifs is 2. The fourth-order valence-corrected chi connectivity index (χ4v) is 6.44. The zero-order valence-corrected chi connectivity index (χ0v) is 27.2. The van der Waals surface area contributed by atoms with Crippen molar-refractivity contribution in [2.45, 2.75) is 115 Å². The number of carboxylic acids is 1. The molecule has 12 heteroatoms. The first-order valence-corrected chi connectivity index (χ1v) is 16.4. The van der Waals surface area contributed by atoms with Crippen molar-refractivity contribution in [3.63, 3.8) is 0 Å². The summed E-state index contributed by atoms with van der Waals surface area (Å²) in [5, 5.41) is 25.4. The Labute approximate surface area is 269 Å². The largest absolute Gasteiger partial charge is 0.479 e. The predicted octanol–water partition coefficient (Wildman–Crippen LogP) is 4.41. The summed E-state index contributed by atoms with van der Waals surface area (Å²) in [5.41, 5.74) is 0.343. The van der Waals surface area contributed by atoms with Gasteiger partial charge in [-0.1, -0.05) is 68.7 Å². The summed E-state index contributed by atoms with van der Waals surface area (Å²) in [5.74, 6) is -2.37. The molecule has 0 bridgehead atoms. The smallest absolute Gasteiger partial charge is 0.408 e. The van der Waals surface area contributed by atoms with Gasteiger partial charge in [0.1, 0.15) is 28.9 Å². The Morgan fingerprint density at radius 3 is 2.59 bits per heavy atom. The lowest BCUT2D eigenvalue weighted by Crippen LogP contribution is -2.56. The van der Waals surface area contributed by atoms with Gasteiger partial charge >= 0.3 is 12.1 Å². The second-order valence-corrected chi connectivity index (χ2v) is 13.7. The maximum absolute atomic E-state index is 14.3. The maximum atomic E-state index is 14.3. The third-order valence-electron chi connectivity index (χ3n) is 8.89. The van der Waals surface area contributed by atoms with Gasteiger partial charge < -0.3 is 25.4 Å². The van der Waals surface area contributed by atoms with Crippen LogP contribution in [0.25, 0.3) is 11.3 Å². The van der Waals surface area contributed by atoms with Crippen LogP contribution in [0.3, 0.4) is 0 Å². The molecule has 5 rings (SSSR count). The molecule has 2 fully saturated rings. The number of hydrogen-bond acceptors (Lipinski definition) is 7. The van der Waals surface area contributed by atoms with Crippen LogP contribution < -0.4 is 10.6 Å². The number of nitrogens with one attached hydrogen (secondary N) is 2. The molecule has 12 nitrogen and oxygen atoms in total. The second-order valence-electron chi connectivity index (χ2n) is 13.7. The van der Waals surface area contributed by atoms with E-state index >= 15 is 0 Å². The summed E-state index contributed by atoms with van der Waals surface area (Å²) >= 11 is 0. The van der Waals surface area contributed by atoms with Crippen LogP contribution in [-0.4, -0.2) is 78.6 Å². The van der Waals surface area contributed by atoms with Crippen molar-refractivity contribution in [2.75, 3.05) is 6.54 Å². The number of benzene rings is 1. The first-order chi connectivity index (χ1) is 21.9. The fourth-order valence-electron chi connectivity index (χ4n) is 6.44. The number of allylic oxidation sites excluding steroid dienone is 1. The number of carbonyl (C=O) groups excluding carboxylic acids is 3. The number of aromatic nitrogens is 3. The average Bonchev–Trinajstić information content (AvgIpc) is 3.31. The van der Waals surface area contributed by atoms with E-state index in [4.69, 9.17) is 14.9 Å². The monoisotopic (exact) mass is 634 g/mol. The summed E-state index contributed by atoms with van der Waals surface area (Å²) in [6, 6.07) is 7.42. The van der Waals surface area contributed by atoms with Crippen molar-refractivity contribution < 1.29 is 29.0 Å². The zero-order chi connectivity index (χ0) is 33.1. The number of rotatable bonds is 6. The van der Waals surface area contributed by atoms with Gasteiger partial charge in [-0.15, -0.1) is 0 Å². The molecule has 1 aromatic heterocycles. The number of aryl methyl sites for hydroxylation is 1. The molecular formula is C34H46N6O6. The molecule has 1 saturated carbocycles. The lowest BCUT2D eigenvalue weighted by Gasteiger charge is -2.30. The molecule has 2 aromatic rings. The average molecular weight is 635 g/mol. The summed E-state index contributed by atoms with van der Waals surface area (Å²) in [6.45, 7) is 7.45. The minimum Gasteiger partial charge on any atom is -0.479 e. The molecule has 0 spiro atoms. The Morgan fingerprint density at radius 1 is 1.13 bits per heavy atom. The number of nitrogens with zero attached hydrogens (tertiary/aromatic N) is 4. The van der Waals surface area contributed by atoms with E-state index in [1.54, 1.807) is 25.6 Å². The van der Waals surface area contributed by atoms with Crippen molar-refractivity contribution >= 4 is 23.9 Å². The molecule has 1 aromatic carbocycles. The molecule has 1 aliphatic carbocycles. The van der Waals surface area contributed by atoms with Crippen molar-refractivity contribution in [1.29, 1.82) is 0 Å². The van der Waals surface area contributed by atoms with Crippen molar-refractivity contribution in [2.24, 2.45) is 5.92 Å². The molecule has 2 aliphatic heterocycles. The van der Waals surface area contributed by atoms with Crippen LogP contribution >= 0.6 is 0 Å². The lowest BCUT2D eigenvalue weighted by molar-refractivity contribution is -0.145. The highest BCUT2D eigenvalue weighted by atomic mass is 16.6. The number of hydrogen-bond donors (Lipinski definition) is 3. The number of carboxylic acid groups (broad SMARTS) is 1. The quantitative estimate of drug-likeness (QED) is 0.395. The minimum absolute atomic E-state index is 0.126. The van der Waals surface area contributed by atoms with Gasteiger partial charge in [0.15, 0.2) is 0 Å². The standard InChI is InChI=1S/C34H46N6O6/c1-5-14-25-28(22-15-10-9-11-16-22)38-40(37-25)24-19-27-29(41)36-34(31(43)44)20-23(34)17-12-7-6-8-13-18-26(30(42)39(27)21-24)35-32(45)46-33(2,3)4/h9-12,15-17,23-24,26-27H,5-8,13-14,18-21H2,1-4H3,(H,35,45)(H,36,41)(H,43,44)/t23-,24+,26-,27+,34+/m1/s1. The molecule has 3 amide bonds. The minimum atomic E-state index is -1.41. The Bertz CT molecular complexity index is 1470. The number of carbonyl (C=O) groups is 4. The van der Waals surface area contributed by atoms with Crippen LogP contribution in [0.1, 0.15) is 90.8 Å². The van der Waals surface area contributed by atoms with E-state index in [1.807, 2.05) is 42.5 Å². The van der Waals surface area contributed by atoms with E-state index in [9.17, 15) is 24.3 Å². The number of alkyl carbamates (subject to hydrolysis) is 1.